The Balaban J connectivity index is 1.68. The third kappa shape index (κ3) is 4.24. The summed E-state index contributed by atoms with van der Waals surface area (Å²) in [6, 6.07) is 6.88. The first-order valence-corrected chi connectivity index (χ1v) is 10.5. The lowest BCUT2D eigenvalue weighted by atomic mass is 9.77. The lowest BCUT2D eigenvalue weighted by Crippen LogP contribution is -2.47. The fraction of sp³-hybridized carbons (Fsp3) is 0.667. The van der Waals surface area contributed by atoms with E-state index in [-0.39, 0.29) is 24.8 Å². The number of hydrogen-bond acceptors (Lipinski definition) is 4. The molecule has 1 saturated heterocycles. The van der Waals surface area contributed by atoms with E-state index in [0.717, 1.165) is 0 Å². The van der Waals surface area contributed by atoms with Gasteiger partial charge in [-0.05, 0) is 31.5 Å². The average molecular weight is 387 g/mol. The summed E-state index contributed by atoms with van der Waals surface area (Å²) in [5.74, 6) is -2.60. The van der Waals surface area contributed by atoms with Gasteiger partial charge in [-0.3, -0.25) is 0 Å². The van der Waals surface area contributed by atoms with Crippen LogP contribution in [0.3, 0.4) is 0 Å². The molecule has 5 nitrogen and oxygen atoms in total. The summed E-state index contributed by atoms with van der Waals surface area (Å²) < 4.78 is 53.7. The molecule has 26 heavy (non-hydrogen) atoms. The van der Waals surface area contributed by atoms with Gasteiger partial charge in [0.1, 0.15) is 0 Å². The van der Waals surface area contributed by atoms with Crippen LogP contribution in [0.15, 0.2) is 29.2 Å². The third-order valence-electron chi connectivity index (χ3n) is 5.50. The minimum absolute atomic E-state index is 0.0635. The van der Waals surface area contributed by atoms with Crippen molar-refractivity contribution in [1.29, 1.82) is 0 Å². The van der Waals surface area contributed by atoms with E-state index in [0.29, 0.717) is 43.2 Å². The molecule has 0 spiro atoms. The van der Waals surface area contributed by atoms with Crippen LogP contribution in [0.1, 0.15) is 25.3 Å². The van der Waals surface area contributed by atoms with Crippen molar-refractivity contribution in [3.05, 3.63) is 29.8 Å². The summed E-state index contributed by atoms with van der Waals surface area (Å²) in [7, 11) is -1.57. The first-order valence-electron chi connectivity index (χ1n) is 9.07. The Bertz CT molecular complexity index is 726. The molecule has 3 rings (SSSR count). The number of likely N-dealkylation sites (N-methyl/N-ethyl adjacent to an activating group) is 1. The summed E-state index contributed by atoms with van der Waals surface area (Å²) in [4.78, 5) is 2.42. The number of sulfonamides is 1. The maximum Gasteiger partial charge on any atom is 0.248 e. The van der Waals surface area contributed by atoms with Gasteiger partial charge in [0.25, 0.3) is 0 Å². The predicted molar refractivity (Wildman–Crippen MR) is 96.7 cm³/mol. The highest BCUT2D eigenvalue weighted by atomic mass is 32.2. The Hall–Kier alpha value is -1.09. The van der Waals surface area contributed by atoms with Crippen molar-refractivity contribution in [3.63, 3.8) is 0 Å². The SMILES string of the molecule is CC(NCc1ccccc1S(=O)(=O)N1CCN(C)CC1)C1CC(F)(F)C1. The molecular weight excluding hydrogens is 360 g/mol. The summed E-state index contributed by atoms with van der Waals surface area (Å²) in [6.07, 6.45) is -0.190. The zero-order valence-corrected chi connectivity index (χ0v) is 16.1. The van der Waals surface area contributed by atoms with E-state index in [1.54, 1.807) is 18.2 Å². The number of hydrogen-bond donors (Lipinski definition) is 1. The van der Waals surface area contributed by atoms with Crippen molar-refractivity contribution in [2.75, 3.05) is 33.2 Å². The largest absolute Gasteiger partial charge is 0.310 e. The fourth-order valence-electron chi connectivity index (χ4n) is 3.57. The van der Waals surface area contributed by atoms with Crippen LogP contribution in [0.25, 0.3) is 0 Å². The number of alkyl halides is 2. The third-order valence-corrected chi connectivity index (χ3v) is 7.50. The van der Waals surface area contributed by atoms with Gasteiger partial charge in [-0.25, -0.2) is 17.2 Å². The second-order valence-corrected chi connectivity index (χ2v) is 9.42. The summed E-state index contributed by atoms with van der Waals surface area (Å²) >= 11 is 0. The van der Waals surface area contributed by atoms with Crippen molar-refractivity contribution in [3.8, 4) is 0 Å². The molecule has 146 valence electrons. The van der Waals surface area contributed by atoms with Gasteiger partial charge < -0.3 is 10.2 Å². The number of benzene rings is 1. The average Bonchev–Trinajstić information content (AvgIpc) is 2.58. The molecule has 8 heteroatoms. The molecule has 1 saturated carbocycles. The lowest BCUT2D eigenvalue weighted by Gasteiger charge is -2.39. The normalized spacial score (nSPS) is 23.5. The summed E-state index contributed by atoms with van der Waals surface area (Å²) in [5.41, 5.74) is 0.685. The minimum atomic E-state index is -3.55. The van der Waals surface area contributed by atoms with Gasteiger partial charge in [0.05, 0.1) is 4.90 Å². The maximum atomic E-state index is 13.0. The number of rotatable bonds is 6. The zero-order valence-electron chi connectivity index (χ0n) is 15.3. The van der Waals surface area contributed by atoms with Gasteiger partial charge in [-0.2, -0.15) is 4.31 Å². The Labute approximate surface area is 154 Å². The first-order chi connectivity index (χ1) is 12.2. The van der Waals surface area contributed by atoms with E-state index in [4.69, 9.17) is 0 Å². The van der Waals surface area contributed by atoms with Gasteiger partial charge in [0.15, 0.2) is 0 Å². The van der Waals surface area contributed by atoms with Crippen LogP contribution >= 0.6 is 0 Å². The van der Waals surface area contributed by atoms with E-state index in [2.05, 4.69) is 10.2 Å². The van der Waals surface area contributed by atoms with E-state index in [9.17, 15) is 17.2 Å². The van der Waals surface area contributed by atoms with Crippen molar-refractivity contribution in [1.82, 2.24) is 14.5 Å². The highest BCUT2D eigenvalue weighted by Gasteiger charge is 2.47. The number of halogens is 2. The van der Waals surface area contributed by atoms with Crippen molar-refractivity contribution >= 4 is 10.0 Å². The molecule has 0 amide bonds. The molecule has 1 N–H and O–H groups in total. The monoisotopic (exact) mass is 387 g/mol. The molecule has 1 aliphatic carbocycles. The predicted octanol–water partition coefficient (Wildman–Crippen LogP) is 2.15. The number of nitrogens with one attached hydrogen (secondary N) is 1. The topological polar surface area (TPSA) is 52.7 Å². The number of piperazine rings is 1. The summed E-state index contributed by atoms with van der Waals surface area (Å²) in [5, 5.41) is 3.24. The Morgan fingerprint density at radius 3 is 2.42 bits per heavy atom. The second-order valence-electron chi connectivity index (χ2n) is 7.51. The van der Waals surface area contributed by atoms with Gasteiger partial charge in [0, 0.05) is 51.6 Å². The molecule has 1 aromatic rings. The molecule has 1 atom stereocenters. The van der Waals surface area contributed by atoms with E-state index in [1.165, 1.54) is 4.31 Å². The molecule has 1 heterocycles. The van der Waals surface area contributed by atoms with Gasteiger partial charge in [-0.1, -0.05) is 18.2 Å². The molecule has 0 radical (unpaired) electrons. The van der Waals surface area contributed by atoms with Gasteiger partial charge >= 0.3 is 0 Å². The van der Waals surface area contributed by atoms with E-state index >= 15 is 0 Å². The van der Waals surface area contributed by atoms with Gasteiger partial charge in [0.2, 0.25) is 15.9 Å². The van der Waals surface area contributed by atoms with Crippen molar-refractivity contribution in [2.45, 2.75) is 43.2 Å². The Morgan fingerprint density at radius 2 is 1.81 bits per heavy atom. The molecule has 1 aromatic carbocycles. The quantitative estimate of drug-likeness (QED) is 0.813. The highest BCUT2D eigenvalue weighted by molar-refractivity contribution is 7.89. The Kier molecular flexibility index (Phi) is 5.67. The standard InChI is InChI=1S/C18H27F2N3O2S/c1-14(16-11-18(19,20)12-16)21-13-15-5-3-4-6-17(15)26(24,25)23-9-7-22(2)8-10-23/h3-6,14,16,21H,7-13H2,1-2H3. The molecule has 2 aliphatic rings. The molecule has 0 aromatic heterocycles. The highest BCUT2D eigenvalue weighted by Crippen LogP contribution is 2.44. The Morgan fingerprint density at radius 1 is 1.19 bits per heavy atom. The fourth-order valence-corrected chi connectivity index (χ4v) is 5.21. The molecule has 2 fully saturated rings. The minimum Gasteiger partial charge on any atom is -0.310 e. The van der Waals surface area contributed by atoms with Crippen LogP contribution in [-0.4, -0.2) is 62.8 Å². The van der Waals surface area contributed by atoms with Crippen molar-refractivity contribution < 1.29 is 17.2 Å². The van der Waals surface area contributed by atoms with Crippen LogP contribution in [0.5, 0.6) is 0 Å². The molecule has 1 aliphatic heterocycles. The van der Waals surface area contributed by atoms with Crippen LogP contribution < -0.4 is 5.32 Å². The lowest BCUT2D eigenvalue weighted by molar-refractivity contribution is -0.117. The van der Waals surface area contributed by atoms with Crippen LogP contribution in [0.4, 0.5) is 8.78 Å². The van der Waals surface area contributed by atoms with E-state index < -0.39 is 15.9 Å². The first kappa shape index (κ1) is 19.7. The van der Waals surface area contributed by atoms with E-state index in [1.807, 2.05) is 20.0 Å². The smallest absolute Gasteiger partial charge is 0.248 e. The second kappa shape index (κ2) is 7.50. The zero-order chi connectivity index (χ0) is 18.9. The molecule has 1 unspecified atom stereocenters. The molecular formula is C18H27F2N3O2S. The van der Waals surface area contributed by atoms with Crippen LogP contribution in [-0.2, 0) is 16.6 Å². The molecule has 0 bridgehead atoms. The maximum absolute atomic E-state index is 13.0. The van der Waals surface area contributed by atoms with Crippen LogP contribution in [0.2, 0.25) is 0 Å². The van der Waals surface area contributed by atoms with Gasteiger partial charge in [-0.15, -0.1) is 0 Å². The van der Waals surface area contributed by atoms with Crippen LogP contribution in [0, 0.1) is 5.92 Å². The summed E-state index contributed by atoms with van der Waals surface area (Å²) in [6.45, 7) is 4.63. The number of nitrogens with zero attached hydrogens (tertiary/aromatic N) is 2. The van der Waals surface area contributed by atoms with Crippen molar-refractivity contribution in [2.24, 2.45) is 5.92 Å².